The van der Waals surface area contributed by atoms with Gasteiger partial charge >= 0.3 is 0 Å². The molecule has 0 aliphatic heterocycles. The molecule has 1 heterocycles. The highest BCUT2D eigenvalue weighted by molar-refractivity contribution is 5.37. The summed E-state index contributed by atoms with van der Waals surface area (Å²) in [4.78, 5) is 4.27. The lowest BCUT2D eigenvalue weighted by Crippen LogP contribution is -2.06. The van der Waals surface area contributed by atoms with Gasteiger partial charge in [0.15, 0.2) is 0 Å². The van der Waals surface area contributed by atoms with Gasteiger partial charge in [-0.15, -0.1) is 0 Å². The van der Waals surface area contributed by atoms with E-state index in [4.69, 9.17) is 4.74 Å². The van der Waals surface area contributed by atoms with Crippen LogP contribution in [0, 0.1) is 0 Å². The van der Waals surface area contributed by atoms with Crippen LogP contribution in [-0.4, -0.2) is 12.0 Å². The van der Waals surface area contributed by atoms with Gasteiger partial charge in [0.2, 0.25) is 0 Å². The molecular formula is C15H18N2O. The molecule has 0 aliphatic carbocycles. The summed E-state index contributed by atoms with van der Waals surface area (Å²) in [5, 5.41) is 3.08. The number of ether oxygens (including phenoxy) is 1. The van der Waals surface area contributed by atoms with E-state index in [1.165, 1.54) is 5.56 Å². The van der Waals surface area contributed by atoms with Crippen molar-refractivity contribution in [1.82, 2.24) is 10.3 Å². The first kappa shape index (κ1) is 12.6. The molecule has 18 heavy (non-hydrogen) atoms. The van der Waals surface area contributed by atoms with Gasteiger partial charge in [-0.1, -0.05) is 25.1 Å². The molecule has 1 aromatic carbocycles. The van der Waals surface area contributed by atoms with Crippen molar-refractivity contribution in [1.29, 1.82) is 0 Å². The van der Waals surface area contributed by atoms with Crippen LogP contribution in [0.3, 0.4) is 0 Å². The molecule has 0 amide bonds. The molecule has 1 N–H and O–H groups in total. The Bertz CT molecular complexity index is 511. The zero-order chi connectivity index (χ0) is 12.8. The second kappa shape index (κ2) is 6.17. The first-order valence-corrected chi connectivity index (χ1v) is 6.18. The van der Waals surface area contributed by atoms with E-state index in [2.05, 4.69) is 23.3 Å². The van der Waals surface area contributed by atoms with Crippen LogP contribution in [-0.2, 0) is 13.0 Å². The molecule has 0 spiro atoms. The minimum atomic E-state index is 0.743. The molecule has 0 unspecified atom stereocenters. The second-order valence-electron chi connectivity index (χ2n) is 4.08. The third-order valence-corrected chi connectivity index (χ3v) is 2.73. The Labute approximate surface area is 108 Å². The summed E-state index contributed by atoms with van der Waals surface area (Å²) in [5.74, 6) is 1.75. The molecule has 2 aromatic rings. The Balaban J connectivity index is 2.20. The van der Waals surface area contributed by atoms with Gasteiger partial charge in [0.05, 0.1) is 5.69 Å². The third-order valence-electron chi connectivity index (χ3n) is 2.73. The number of pyridine rings is 1. The predicted molar refractivity (Wildman–Crippen MR) is 72.9 cm³/mol. The average Bonchev–Trinajstić information content (AvgIpc) is 2.40. The van der Waals surface area contributed by atoms with Gasteiger partial charge in [0.25, 0.3) is 0 Å². The Kier molecular flexibility index (Phi) is 4.31. The molecule has 1 aromatic heterocycles. The van der Waals surface area contributed by atoms with Crippen LogP contribution in [0.4, 0.5) is 0 Å². The molecule has 0 aliphatic rings. The first-order chi connectivity index (χ1) is 8.83. The quantitative estimate of drug-likeness (QED) is 0.874. The second-order valence-corrected chi connectivity index (χ2v) is 4.08. The minimum Gasteiger partial charge on any atom is -0.457 e. The van der Waals surface area contributed by atoms with Crippen LogP contribution in [0.25, 0.3) is 0 Å². The van der Waals surface area contributed by atoms with E-state index in [-0.39, 0.29) is 0 Å². The van der Waals surface area contributed by atoms with Crippen LogP contribution in [0.5, 0.6) is 11.5 Å². The van der Waals surface area contributed by atoms with Gasteiger partial charge in [0, 0.05) is 18.8 Å². The van der Waals surface area contributed by atoms with Gasteiger partial charge in [-0.3, -0.25) is 4.98 Å². The minimum absolute atomic E-state index is 0.743. The lowest BCUT2D eigenvalue weighted by Gasteiger charge is -2.10. The van der Waals surface area contributed by atoms with Gasteiger partial charge in [0.1, 0.15) is 11.5 Å². The number of nitrogens with one attached hydrogen (secondary N) is 1. The van der Waals surface area contributed by atoms with Crippen molar-refractivity contribution in [3.63, 3.8) is 0 Å². The van der Waals surface area contributed by atoms with Crippen molar-refractivity contribution in [2.75, 3.05) is 7.05 Å². The van der Waals surface area contributed by atoms with Crippen LogP contribution in [0.1, 0.15) is 18.2 Å². The summed E-state index contributed by atoms with van der Waals surface area (Å²) in [6.45, 7) is 2.87. The van der Waals surface area contributed by atoms with E-state index >= 15 is 0 Å². The van der Waals surface area contributed by atoms with Gasteiger partial charge in [-0.2, -0.15) is 0 Å². The molecule has 3 nitrogen and oxygen atoms in total. The lowest BCUT2D eigenvalue weighted by atomic mass is 10.1. The van der Waals surface area contributed by atoms with Crippen LogP contribution < -0.4 is 10.1 Å². The zero-order valence-corrected chi connectivity index (χ0v) is 10.8. The van der Waals surface area contributed by atoms with Crippen molar-refractivity contribution >= 4 is 0 Å². The van der Waals surface area contributed by atoms with E-state index in [9.17, 15) is 0 Å². The molecular weight excluding hydrogens is 224 g/mol. The van der Waals surface area contributed by atoms with E-state index in [1.54, 1.807) is 6.20 Å². The number of nitrogens with zero attached hydrogens (tertiary/aromatic N) is 1. The molecule has 0 atom stereocenters. The summed E-state index contributed by atoms with van der Waals surface area (Å²) in [5.41, 5.74) is 2.19. The fourth-order valence-electron chi connectivity index (χ4n) is 1.82. The zero-order valence-electron chi connectivity index (χ0n) is 10.8. The maximum atomic E-state index is 5.92. The van der Waals surface area contributed by atoms with Crippen LogP contribution in [0.15, 0.2) is 42.6 Å². The monoisotopic (exact) mass is 242 g/mol. The van der Waals surface area contributed by atoms with Crippen LogP contribution >= 0.6 is 0 Å². The smallest absolute Gasteiger partial charge is 0.130 e. The summed E-state index contributed by atoms with van der Waals surface area (Å²) in [6, 6.07) is 11.9. The fraction of sp³-hybridized carbons (Fsp3) is 0.267. The number of aryl methyl sites for hydroxylation is 1. The fourth-order valence-corrected chi connectivity index (χ4v) is 1.82. The Morgan fingerprint density at radius 1 is 1.22 bits per heavy atom. The van der Waals surface area contributed by atoms with E-state index in [0.717, 1.165) is 30.2 Å². The summed E-state index contributed by atoms with van der Waals surface area (Å²) in [7, 11) is 1.90. The summed E-state index contributed by atoms with van der Waals surface area (Å²) < 4.78 is 5.92. The molecule has 2 rings (SSSR count). The average molecular weight is 242 g/mol. The van der Waals surface area contributed by atoms with E-state index in [0.29, 0.717) is 0 Å². The Morgan fingerprint density at radius 2 is 2.06 bits per heavy atom. The third kappa shape index (κ3) is 3.08. The normalized spacial score (nSPS) is 10.3. The van der Waals surface area contributed by atoms with Crippen molar-refractivity contribution in [2.45, 2.75) is 19.9 Å². The van der Waals surface area contributed by atoms with Gasteiger partial charge in [-0.25, -0.2) is 0 Å². The number of aromatic nitrogens is 1. The topological polar surface area (TPSA) is 34.1 Å². The highest BCUT2D eigenvalue weighted by Crippen LogP contribution is 2.25. The Morgan fingerprint density at radius 3 is 2.83 bits per heavy atom. The molecule has 0 saturated heterocycles. The Hall–Kier alpha value is -1.87. The largest absolute Gasteiger partial charge is 0.457 e. The number of benzene rings is 1. The highest BCUT2D eigenvalue weighted by atomic mass is 16.5. The molecule has 0 radical (unpaired) electrons. The SMILES string of the molecule is CCc1ccccc1Oc1ccnc(CNC)c1. The lowest BCUT2D eigenvalue weighted by molar-refractivity contribution is 0.475. The molecule has 94 valence electrons. The van der Waals surface area contributed by atoms with Crippen molar-refractivity contribution < 1.29 is 4.74 Å². The predicted octanol–water partition coefficient (Wildman–Crippen LogP) is 3.16. The van der Waals surface area contributed by atoms with Crippen molar-refractivity contribution in [3.8, 4) is 11.5 Å². The van der Waals surface area contributed by atoms with Crippen molar-refractivity contribution in [3.05, 3.63) is 53.9 Å². The molecule has 0 fully saturated rings. The maximum Gasteiger partial charge on any atom is 0.130 e. The number of rotatable bonds is 5. The highest BCUT2D eigenvalue weighted by Gasteiger charge is 2.03. The molecule has 0 bridgehead atoms. The van der Waals surface area contributed by atoms with Crippen LogP contribution in [0.2, 0.25) is 0 Å². The first-order valence-electron chi connectivity index (χ1n) is 6.18. The summed E-state index contributed by atoms with van der Waals surface area (Å²) >= 11 is 0. The number of hydrogen-bond donors (Lipinski definition) is 1. The summed E-state index contributed by atoms with van der Waals surface area (Å²) in [6.07, 6.45) is 2.74. The maximum absolute atomic E-state index is 5.92. The molecule has 3 heteroatoms. The van der Waals surface area contributed by atoms with Crippen molar-refractivity contribution in [2.24, 2.45) is 0 Å². The van der Waals surface area contributed by atoms with E-state index < -0.39 is 0 Å². The number of para-hydroxylation sites is 1. The number of hydrogen-bond acceptors (Lipinski definition) is 3. The standard InChI is InChI=1S/C15H18N2O/c1-3-12-6-4-5-7-15(12)18-14-8-9-17-13(10-14)11-16-2/h4-10,16H,3,11H2,1-2H3. The van der Waals surface area contributed by atoms with Gasteiger partial charge < -0.3 is 10.1 Å². The molecule has 0 saturated carbocycles. The van der Waals surface area contributed by atoms with E-state index in [1.807, 2.05) is 37.4 Å². The van der Waals surface area contributed by atoms with Gasteiger partial charge in [-0.05, 0) is 31.2 Å².